The van der Waals surface area contributed by atoms with Crippen molar-refractivity contribution in [3.05, 3.63) is 79.4 Å². The van der Waals surface area contributed by atoms with E-state index in [-0.39, 0.29) is 22.1 Å². The number of para-hydroxylation sites is 1. The summed E-state index contributed by atoms with van der Waals surface area (Å²) in [6.45, 7) is 8.52. The SMILES string of the molecule is Cc1ccsc1[C@H]1Cc2c(C(=O)NCCN3CCOCC3)c(=O)cc(C)n2-c2ccccc2S1. The molecule has 0 unspecified atom stereocenters. The van der Waals surface area contributed by atoms with Gasteiger partial charge in [-0.1, -0.05) is 12.1 Å². The maximum Gasteiger partial charge on any atom is 0.257 e. The maximum absolute atomic E-state index is 13.4. The predicted octanol–water partition coefficient (Wildman–Crippen LogP) is 3.97. The third-order valence-corrected chi connectivity index (χ3v) is 9.06. The number of carbonyl (C=O) groups excluding carboxylic acids is 1. The lowest BCUT2D eigenvalue weighted by atomic mass is 10.0. The van der Waals surface area contributed by atoms with Crippen molar-refractivity contribution < 1.29 is 9.53 Å². The van der Waals surface area contributed by atoms with Gasteiger partial charge in [-0.3, -0.25) is 14.5 Å². The number of benzene rings is 1. The molecule has 1 saturated heterocycles. The Bertz CT molecular complexity index is 1260. The zero-order valence-corrected chi connectivity index (χ0v) is 21.1. The molecule has 178 valence electrons. The van der Waals surface area contributed by atoms with E-state index >= 15 is 0 Å². The van der Waals surface area contributed by atoms with Crippen LogP contribution in [0.1, 0.15) is 37.4 Å². The van der Waals surface area contributed by atoms with Crippen LogP contribution in [0.2, 0.25) is 0 Å². The Labute approximate surface area is 207 Å². The molecule has 34 heavy (non-hydrogen) atoms. The lowest BCUT2D eigenvalue weighted by Crippen LogP contribution is -2.42. The number of fused-ring (bicyclic) bond motifs is 3. The topological polar surface area (TPSA) is 63.6 Å². The molecule has 2 aliphatic heterocycles. The molecular weight excluding hydrogens is 466 g/mol. The van der Waals surface area contributed by atoms with Crippen LogP contribution in [0.15, 0.2) is 51.5 Å². The van der Waals surface area contributed by atoms with Crippen molar-refractivity contribution in [2.75, 3.05) is 39.4 Å². The highest BCUT2D eigenvalue weighted by Gasteiger charge is 2.30. The molecule has 0 radical (unpaired) electrons. The number of aromatic nitrogens is 1. The quantitative estimate of drug-likeness (QED) is 0.580. The monoisotopic (exact) mass is 495 g/mol. The van der Waals surface area contributed by atoms with E-state index in [1.54, 1.807) is 17.4 Å². The van der Waals surface area contributed by atoms with Crippen molar-refractivity contribution in [1.29, 1.82) is 0 Å². The number of thioether (sulfide) groups is 1. The zero-order valence-electron chi connectivity index (χ0n) is 19.5. The van der Waals surface area contributed by atoms with E-state index in [9.17, 15) is 9.59 Å². The third-order valence-electron chi connectivity index (χ3n) is 6.49. The standard InChI is InChI=1S/C26H29N3O3S2/c1-17-7-14-33-25(17)23-16-20-24(26(31)27-8-9-28-10-12-32-13-11-28)21(30)15-18(2)29(20)19-5-3-4-6-22(19)34-23/h3-7,14-15,23H,8-13,16H2,1-2H3,(H,27,31)/t23-/m1/s1. The number of nitrogens with zero attached hydrogens (tertiary/aromatic N) is 2. The van der Waals surface area contributed by atoms with Crippen molar-refractivity contribution in [3.63, 3.8) is 0 Å². The Balaban J connectivity index is 1.53. The molecule has 4 heterocycles. The molecule has 8 heteroatoms. The maximum atomic E-state index is 13.4. The first kappa shape index (κ1) is 23.4. The van der Waals surface area contributed by atoms with Crippen LogP contribution in [-0.4, -0.2) is 54.8 Å². The number of morpholine rings is 1. The number of nitrogens with one attached hydrogen (secondary N) is 1. The van der Waals surface area contributed by atoms with Gasteiger partial charge in [0.25, 0.3) is 5.91 Å². The summed E-state index contributed by atoms with van der Waals surface area (Å²) in [4.78, 5) is 31.3. The molecule has 1 N–H and O–H groups in total. The fourth-order valence-electron chi connectivity index (χ4n) is 4.78. The number of pyridine rings is 1. The molecular formula is C26H29N3O3S2. The number of ether oxygens (including phenoxy) is 1. The van der Waals surface area contributed by atoms with Crippen molar-refractivity contribution in [1.82, 2.24) is 14.8 Å². The highest BCUT2D eigenvalue weighted by atomic mass is 32.2. The normalized spacial score (nSPS) is 18.1. The lowest BCUT2D eigenvalue weighted by molar-refractivity contribution is 0.0383. The number of hydrogen-bond donors (Lipinski definition) is 1. The fourth-order valence-corrected chi connectivity index (χ4v) is 7.28. The molecule has 5 rings (SSSR count). The van der Waals surface area contributed by atoms with E-state index in [0.29, 0.717) is 13.0 Å². The number of rotatable bonds is 5. The Kier molecular flexibility index (Phi) is 6.92. The minimum Gasteiger partial charge on any atom is -0.379 e. The molecule has 3 aromatic rings. The number of amides is 1. The molecule has 1 atom stereocenters. The van der Waals surface area contributed by atoms with Gasteiger partial charge in [0.1, 0.15) is 5.56 Å². The smallest absolute Gasteiger partial charge is 0.257 e. The second-order valence-electron chi connectivity index (χ2n) is 8.76. The van der Waals surface area contributed by atoms with E-state index in [2.05, 4.69) is 45.3 Å². The van der Waals surface area contributed by atoms with Gasteiger partial charge in [0, 0.05) is 65.1 Å². The minimum absolute atomic E-state index is 0.135. The van der Waals surface area contributed by atoms with Gasteiger partial charge in [-0.2, -0.15) is 0 Å². The van der Waals surface area contributed by atoms with Crippen LogP contribution in [0.4, 0.5) is 0 Å². The van der Waals surface area contributed by atoms with Crippen molar-refractivity contribution in [2.45, 2.75) is 30.4 Å². The summed E-state index contributed by atoms with van der Waals surface area (Å²) >= 11 is 3.56. The van der Waals surface area contributed by atoms with Gasteiger partial charge < -0.3 is 14.6 Å². The summed E-state index contributed by atoms with van der Waals surface area (Å²) in [7, 11) is 0. The fraction of sp³-hybridized carbons (Fsp3) is 0.385. The predicted molar refractivity (Wildman–Crippen MR) is 138 cm³/mol. The van der Waals surface area contributed by atoms with Gasteiger partial charge in [0.2, 0.25) is 0 Å². The van der Waals surface area contributed by atoms with Crippen LogP contribution in [0.5, 0.6) is 0 Å². The van der Waals surface area contributed by atoms with Gasteiger partial charge in [0.05, 0.1) is 18.9 Å². The first-order chi connectivity index (χ1) is 16.5. The summed E-state index contributed by atoms with van der Waals surface area (Å²) in [5.74, 6) is -0.284. The molecule has 2 aliphatic rings. The second-order valence-corrected chi connectivity index (χ2v) is 11.0. The van der Waals surface area contributed by atoms with Crippen LogP contribution in [0.25, 0.3) is 5.69 Å². The highest BCUT2D eigenvalue weighted by molar-refractivity contribution is 7.99. The lowest BCUT2D eigenvalue weighted by Gasteiger charge is -2.26. The molecule has 2 aromatic heterocycles. The molecule has 1 aromatic carbocycles. The minimum atomic E-state index is -0.284. The van der Waals surface area contributed by atoms with Crippen LogP contribution in [0.3, 0.4) is 0 Å². The molecule has 0 saturated carbocycles. The average Bonchev–Trinajstić information content (AvgIpc) is 3.17. The first-order valence-electron chi connectivity index (χ1n) is 11.7. The van der Waals surface area contributed by atoms with Crippen molar-refractivity contribution in [2.24, 2.45) is 0 Å². The van der Waals surface area contributed by atoms with E-state index < -0.39 is 0 Å². The second kappa shape index (κ2) is 10.1. The van der Waals surface area contributed by atoms with Gasteiger partial charge >= 0.3 is 0 Å². The van der Waals surface area contributed by atoms with Crippen LogP contribution >= 0.6 is 23.1 Å². The summed E-state index contributed by atoms with van der Waals surface area (Å²) in [6, 6.07) is 12.0. The first-order valence-corrected chi connectivity index (χ1v) is 13.4. The summed E-state index contributed by atoms with van der Waals surface area (Å²) in [5, 5.41) is 5.27. The Morgan fingerprint density at radius 2 is 1.97 bits per heavy atom. The van der Waals surface area contributed by atoms with Crippen molar-refractivity contribution >= 4 is 29.0 Å². The number of thiophene rings is 1. The van der Waals surface area contributed by atoms with Crippen molar-refractivity contribution in [3.8, 4) is 5.69 Å². The molecule has 1 amide bonds. The highest BCUT2D eigenvalue weighted by Crippen LogP contribution is 2.46. The van der Waals surface area contributed by atoms with Crippen LogP contribution in [-0.2, 0) is 11.2 Å². The third kappa shape index (κ3) is 4.60. The molecule has 0 spiro atoms. The van der Waals surface area contributed by atoms with Crippen LogP contribution in [0, 0.1) is 13.8 Å². The Hall–Kier alpha value is -2.39. The average molecular weight is 496 g/mol. The number of aryl methyl sites for hydroxylation is 2. The van der Waals surface area contributed by atoms with E-state index in [0.717, 1.165) is 54.8 Å². The number of carbonyl (C=O) groups is 1. The van der Waals surface area contributed by atoms with Gasteiger partial charge in [-0.25, -0.2) is 0 Å². The summed E-state index contributed by atoms with van der Waals surface area (Å²) in [6.07, 6.45) is 0.615. The Morgan fingerprint density at radius 3 is 2.74 bits per heavy atom. The number of hydrogen-bond acceptors (Lipinski definition) is 6. The Morgan fingerprint density at radius 1 is 1.18 bits per heavy atom. The largest absolute Gasteiger partial charge is 0.379 e. The van der Waals surface area contributed by atoms with E-state index in [1.165, 1.54) is 10.4 Å². The summed E-state index contributed by atoms with van der Waals surface area (Å²) in [5.41, 5.74) is 3.98. The van der Waals surface area contributed by atoms with E-state index in [1.807, 2.05) is 30.8 Å². The van der Waals surface area contributed by atoms with Gasteiger partial charge in [-0.15, -0.1) is 23.1 Å². The van der Waals surface area contributed by atoms with Gasteiger partial charge in [-0.05, 0) is 43.0 Å². The molecule has 6 nitrogen and oxygen atoms in total. The molecule has 0 bridgehead atoms. The molecule has 1 fully saturated rings. The zero-order chi connectivity index (χ0) is 23.7. The van der Waals surface area contributed by atoms with Crippen LogP contribution < -0.4 is 10.7 Å². The summed E-state index contributed by atoms with van der Waals surface area (Å²) < 4.78 is 7.52. The molecule has 0 aliphatic carbocycles. The van der Waals surface area contributed by atoms with Gasteiger partial charge in [0.15, 0.2) is 5.43 Å². The van der Waals surface area contributed by atoms with E-state index in [4.69, 9.17) is 4.74 Å².